The molecule has 0 aromatic rings. The van der Waals surface area contributed by atoms with Gasteiger partial charge in [0.1, 0.15) is 5.78 Å². The van der Waals surface area contributed by atoms with Crippen LogP contribution in [0.25, 0.3) is 0 Å². The summed E-state index contributed by atoms with van der Waals surface area (Å²) in [4.78, 5) is 13.0. The van der Waals surface area contributed by atoms with Crippen LogP contribution in [0.4, 0.5) is 0 Å². The first-order valence-corrected chi connectivity index (χ1v) is 4.14. The lowest BCUT2D eigenvalue weighted by molar-refractivity contribution is -0.118. The Balaban J connectivity index is 2.35. The third-order valence-corrected chi connectivity index (χ3v) is 2.06. The lowest BCUT2D eigenvalue weighted by Gasteiger charge is -2.32. The number of rotatable bonds is 2. The number of ketones is 1. The number of Topliss-reactive ketones (excluding diaryl/α,β-unsaturated/α-hetero) is 1. The number of hydrogen-bond acceptors (Lipinski definition) is 3. The van der Waals surface area contributed by atoms with E-state index in [0.29, 0.717) is 12.6 Å². The van der Waals surface area contributed by atoms with Crippen molar-refractivity contribution in [1.29, 1.82) is 0 Å². The molecule has 1 aliphatic heterocycles. The fourth-order valence-corrected chi connectivity index (χ4v) is 1.40. The molecule has 1 heterocycles. The number of nitrogens with one attached hydrogen (secondary N) is 1. The summed E-state index contributed by atoms with van der Waals surface area (Å²) in [5.41, 5.74) is 0. The molecule has 0 aromatic carbocycles. The SMILES string of the molecule is CC(=O)CN1CCNCC1C. The van der Waals surface area contributed by atoms with Crippen LogP contribution >= 0.6 is 0 Å². The van der Waals surface area contributed by atoms with Gasteiger partial charge in [-0.2, -0.15) is 0 Å². The van der Waals surface area contributed by atoms with Crippen molar-refractivity contribution in [2.75, 3.05) is 26.2 Å². The summed E-state index contributed by atoms with van der Waals surface area (Å²) in [5.74, 6) is 0.263. The minimum absolute atomic E-state index is 0.263. The van der Waals surface area contributed by atoms with Crippen molar-refractivity contribution in [3.8, 4) is 0 Å². The van der Waals surface area contributed by atoms with Crippen molar-refractivity contribution in [1.82, 2.24) is 10.2 Å². The molecule has 64 valence electrons. The monoisotopic (exact) mass is 156 g/mol. The van der Waals surface area contributed by atoms with Crippen LogP contribution in [-0.2, 0) is 4.79 Å². The summed E-state index contributed by atoms with van der Waals surface area (Å²) in [5, 5.41) is 3.28. The molecular weight excluding hydrogens is 140 g/mol. The van der Waals surface area contributed by atoms with Crippen molar-refractivity contribution in [3.63, 3.8) is 0 Å². The Morgan fingerprint density at radius 1 is 1.73 bits per heavy atom. The van der Waals surface area contributed by atoms with Crippen molar-refractivity contribution in [2.45, 2.75) is 19.9 Å². The molecule has 0 aliphatic carbocycles. The largest absolute Gasteiger partial charge is 0.314 e. The minimum Gasteiger partial charge on any atom is -0.314 e. The first kappa shape index (κ1) is 8.68. The Hall–Kier alpha value is -0.410. The summed E-state index contributed by atoms with van der Waals surface area (Å²) in [7, 11) is 0. The van der Waals surface area contributed by atoms with Gasteiger partial charge in [-0.05, 0) is 13.8 Å². The Bertz CT molecular complexity index is 147. The zero-order valence-corrected chi connectivity index (χ0v) is 7.26. The lowest BCUT2D eigenvalue weighted by Crippen LogP contribution is -2.51. The Morgan fingerprint density at radius 2 is 2.45 bits per heavy atom. The highest BCUT2D eigenvalue weighted by Crippen LogP contribution is 2.00. The second-order valence-electron chi connectivity index (χ2n) is 3.23. The van der Waals surface area contributed by atoms with Crippen LogP contribution in [0.2, 0.25) is 0 Å². The van der Waals surface area contributed by atoms with Gasteiger partial charge in [-0.15, -0.1) is 0 Å². The maximum Gasteiger partial charge on any atom is 0.143 e. The van der Waals surface area contributed by atoms with Gasteiger partial charge in [0, 0.05) is 25.7 Å². The molecule has 1 fully saturated rings. The van der Waals surface area contributed by atoms with Crippen LogP contribution in [0.15, 0.2) is 0 Å². The van der Waals surface area contributed by atoms with Crippen LogP contribution in [-0.4, -0.2) is 42.9 Å². The van der Waals surface area contributed by atoms with E-state index >= 15 is 0 Å². The van der Waals surface area contributed by atoms with E-state index in [2.05, 4.69) is 17.1 Å². The predicted molar refractivity (Wildman–Crippen MR) is 44.6 cm³/mol. The molecule has 0 radical (unpaired) electrons. The molecule has 3 nitrogen and oxygen atoms in total. The summed E-state index contributed by atoms with van der Waals surface area (Å²) >= 11 is 0. The Labute approximate surface area is 67.8 Å². The molecule has 1 atom stereocenters. The van der Waals surface area contributed by atoms with E-state index in [-0.39, 0.29) is 5.78 Å². The molecule has 0 saturated carbocycles. The van der Waals surface area contributed by atoms with Gasteiger partial charge in [-0.3, -0.25) is 9.69 Å². The topological polar surface area (TPSA) is 32.3 Å². The van der Waals surface area contributed by atoms with Gasteiger partial charge >= 0.3 is 0 Å². The number of nitrogens with zero attached hydrogens (tertiary/aromatic N) is 1. The van der Waals surface area contributed by atoms with Gasteiger partial charge in [0.15, 0.2) is 0 Å². The van der Waals surface area contributed by atoms with Crippen LogP contribution in [0.5, 0.6) is 0 Å². The van der Waals surface area contributed by atoms with E-state index in [1.807, 2.05) is 0 Å². The highest BCUT2D eigenvalue weighted by atomic mass is 16.1. The smallest absolute Gasteiger partial charge is 0.143 e. The second-order valence-corrected chi connectivity index (χ2v) is 3.23. The highest BCUT2D eigenvalue weighted by Gasteiger charge is 2.18. The normalized spacial score (nSPS) is 26.9. The van der Waals surface area contributed by atoms with Crippen LogP contribution in [0.1, 0.15) is 13.8 Å². The first-order chi connectivity index (χ1) is 5.20. The molecule has 1 rings (SSSR count). The fraction of sp³-hybridized carbons (Fsp3) is 0.875. The average molecular weight is 156 g/mol. The minimum atomic E-state index is 0.263. The van der Waals surface area contributed by atoms with Crippen molar-refractivity contribution >= 4 is 5.78 Å². The maximum absolute atomic E-state index is 10.8. The summed E-state index contributed by atoms with van der Waals surface area (Å²) < 4.78 is 0. The molecule has 1 N–H and O–H groups in total. The zero-order valence-electron chi connectivity index (χ0n) is 7.26. The van der Waals surface area contributed by atoms with E-state index < -0.39 is 0 Å². The van der Waals surface area contributed by atoms with Crippen molar-refractivity contribution in [3.05, 3.63) is 0 Å². The van der Waals surface area contributed by atoms with Crippen LogP contribution in [0.3, 0.4) is 0 Å². The summed E-state index contributed by atoms with van der Waals surface area (Å²) in [6.45, 7) is 7.43. The van der Waals surface area contributed by atoms with Crippen LogP contribution in [0, 0.1) is 0 Å². The quantitative estimate of drug-likeness (QED) is 0.604. The standard InChI is InChI=1S/C8H16N2O/c1-7-5-9-3-4-10(7)6-8(2)11/h7,9H,3-6H2,1-2H3. The fourth-order valence-electron chi connectivity index (χ4n) is 1.40. The van der Waals surface area contributed by atoms with Crippen molar-refractivity contribution in [2.24, 2.45) is 0 Å². The highest BCUT2D eigenvalue weighted by molar-refractivity contribution is 5.77. The van der Waals surface area contributed by atoms with E-state index in [0.717, 1.165) is 19.6 Å². The molecule has 0 bridgehead atoms. The van der Waals surface area contributed by atoms with Gasteiger partial charge in [0.25, 0.3) is 0 Å². The zero-order chi connectivity index (χ0) is 8.27. The molecule has 1 saturated heterocycles. The van der Waals surface area contributed by atoms with Gasteiger partial charge in [0.2, 0.25) is 0 Å². The number of carbonyl (C=O) groups is 1. The van der Waals surface area contributed by atoms with Gasteiger partial charge < -0.3 is 5.32 Å². The molecule has 1 unspecified atom stereocenters. The van der Waals surface area contributed by atoms with Gasteiger partial charge in [-0.25, -0.2) is 0 Å². The third-order valence-electron chi connectivity index (χ3n) is 2.06. The van der Waals surface area contributed by atoms with Crippen molar-refractivity contribution < 1.29 is 4.79 Å². The van der Waals surface area contributed by atoms with Gasteiger partial charge in [-0.1, -0.05) is 0 Å². The van der Waals surface area contributed by atoms with E-state index in [4.69, 9.17) is 0 Å². The molecule has 0 amide bonds. The number of piperazine rings is 1. The molecular formula is C8H16N2O. The number of hydrogen-bond donors (Lipinski definition) is 1. The third kappa shape index (κ3) is 2.60. The average Bonchev–Trinajstić information content (AvgIpc) is 1.93. The second kappa shape index (κ2) is 3.83. The first-order valence-electron chi connectivity index (χ1n) is 4.14. The molecule has 11 heavy (non-hydrogen) atoms. The lowest BCUT2D eigenvalue weighted by atomic mass is 10.2. The van der Waals surface area contributed by atoms with E-state index in [1.54, 1.807) is 6.92 Å². The van der Waals surface area contributed by atoms with Crippen LogP contribution < -0.4 is 5.32 Å². The van der Waals surface area contributed by atoms with Gasteiger partial charge in [0.05, 0.1) is 6.54 Å². The Morgan fingerprint density at radius 3 is 3.00 bits per heavy atom. The van der Waals surface area contributed by atoms with E-state index in [1.165, 1.54) is 0 Å². The molecule has 1 aliphatic rings. The molecule has 0 spiro atoms. The van der Waals surface area contributed by atoms with E-state index in [9.17, 15) is 4.79 Å². The Kier molecular flexibility index (Phi) is 3.02. The predicted octanol–water partition coefficient (Wildman–Crippen LogP) is -0.131. The number of carbonyl (C=O) groups excluding carboxylic acids is 1. The summed E-state index contributed by atoms with van der Waals surface area (Å²) in [6, 6.07) is 0.507. The molecule has 0 aromatic heterocycles. The molecule has 3 heteroatoms. The maximum atomic E-state index is 10.8. The summed E-state index contributed by atoms with van der Waals surface area (Å²) in [6.07, 6.45) is 0.